The summed E-state index contributed by atoms with van der Waals surface area (Å²) in [6, 6.07) is 8.56. The van der Waals surface area contributed by atoms with Gasteiger partial charge >= 0.3 is 0 Å². The highest BCUT2D eigenvalue weighted by Crippen LogP contribution is 2.28. The van der Waals surface area contributed by atoms with E-state index < -0.39 is 6.10 Å². The summed E-state index contributed by atoms with van der Waals surface area (Å²) < 4.78 is 13.4. The SMILES string of the molecule is Cc1cc(C(O)Cc2ccccc2F)sc1C. The van der Waals surface area contributed by atoms with Crippen molar-refractivity contribution in [2.75, 3.05) is 0 Å². The van der Waals surface area contributed by atoms with E-state index in [1.54, 1.807) is 29.5 Å². The van der Waals surface area contributed by atoms with Gasteiger partial charge in [0.05, 0.1) is 6.10 Å². The highest BCUT2D eigenvalue weighted by molar-refractivity contribution is 7.12. The molecule has 0 aliphatic heterocycles. The molecule has 0 saturated carbocycles. The third kappa shape index (κ3) is 2.73. The van der Waals surface area contributed by atoms with Gasteiger partial charge < -0.3 is 5.11 Å². The van der Waals surface area contributed by atoms with Crippen LogP contribution in [0.5, 0.6) is 0 Å². The van der Waals surface area contributed by atoms with Gasteiger partial charge in [-0.1, -0.05) is 18.2 Å². The molecule has 1 unspecified atom stereocenters. The van der Waals surface area contributed by atoms with Crippen LogP contribution < -0.4 is 0 Å². The number of thiophene rings is 1. The van der Waals surface area contributed by atoms with Crippen LogP contribution in [0.2, 0.25) is 0 Å². The fraction of sp³-hybridized carbons (Fsp3) is 0.286. The van der Waals surface area contributed by atoms with Crippen molar-refractivity contribution in [1.82, 2.24) is 0 Å². The van der Waals surface area contributed by atoms with Gasteiger partial charge in [-0.05, 0) is 37.1 Å². The Balaban J connectivity index is 2.17. The molecule has 90 valence electrons. The Kier molecular flexibility index (Phi) is 3.60. The van der Waals surface area contributed by atoms with Crippen molar-refractivity contribution in [3.8, 4) is 0 Å². The first-order valence-corrected chi connectivity index (χ1v) is 6.38. The normalized spacial score (nSPS) is 12.7. The topological polar surface area (TPSA) is 20.2 Å². The zero-order chi connectivity index (χ0) is 12.4. The molecule has 3 heteroatoms. The van der Waals surface area contributed by atoms with Crippen LogP contribution in [0, 0.1) is 19.7 Å². The van der Waals surface area contributed by atoms with Crippen LogP contribution in [-0.2, 0) is 6.42 Å². The van der Waals surface area contributed by atoms with E-state index in [0.29, 0.717) is 12.0 Å². The number of hydrogen-bond acceptors (Lipinski definition) is 2. The number of aryl methyl sites for hydroxylation is 2. The Morgan fingerprint density at radius 2 is 2.00 bits per heavy atom. The summed E-state index contributed by atoms with van der Waals surface area (Å²) in [7, 11) is 0. The molecule has 0 radical (unpaired) electrons. The van der Waals surface area contributed by atoms with Gasteiger partial charge in [-0.15, -0.1) is 11.3 Å². The number of benzene rings is 1. The molecule has 1 atom stereocenters. The molecule has 0 amide bonds. The molecule has 1 aromatic heterocycles. The Bertz CT molecular complexity index is 499. The van der Waals surface area contributed by atoms with Crippen molar-refractivity contribution >= 4 is 11.3 Å². The van der Waals surface area contributed by atoms with Crippen LogP contribution in [0.3, 0.4) is 0 Å². The maximum absolute atomic E-state index is 13.4. The number of aliphatic hydroxyl groups excluding tert-OH is 1. The monoisotopic (exact) mass is 250 g/mol. The zero-order valence-corrected chi connectivity index (χ0v) is 10.7. The molecule has 2 aromatic rings. The van der Waals surface area contributed by atoms with E-state index in [9.17, 15) is 9.50 Å². The second-order valence-corrected chi connectivity index (χ2v) is 5.49. The molecule has 0 aliphatic carbocycles. The van der Waals surface area contributed by atoms with Crippen molar-refractivity contribution in [2.24, 2.45) is 0 Å². The third-order valence-corrected chi connectivity index (χ3v) is 4.14. The lowest BCUT2D eigenvalue weighted by Gasteiger charge is -2.09. The number of rotatable bonds is 3. The van der Waals surface area contributed by atoms with Gasteiger partial charge in [-0.3, -0.25) is 0 Å². The highest BCUT2D eigenvalue weighted by atomic mass is 32.1. The van der Waals surface area contributed by atoms with E-state index in [2.05, 4.69) is 0 Å². The quantitative estimate of drug-likeness (QED) is 0.879. The van der Waals surface area contributed by atoms with E-state index in [1.165, 1.54) is 16.5 Å². The smallest absolute Gasteiger partial charge is 0.126 e. The van der Waals surface area contributed by atoms with E-state index in [-0.39, 0.29) is 5.82 Å². The lowest BCUT2D eigenvalue weighted by atomic mass is 10.1. The number of hydrogen-bond donors (Lipinski definition) is 1. The van der Waals surface area contributed by atoms with E-state index in [0.717, 1.165) is 4.88 Å². The van der Waals surface area contributed by atoms with Crippen molar-refractivity contribution in [1.29, 1.82) is 0 Å². The molecule has 0 saturated heterocycles. The van der Waals surface area contributed by atoms with Crippen molar-refractivity contribution in [2.45, 2.75) is 26.4 Å². The predicted octanol–water partition coefficient (Wildman–Crippen LogP) is 3.78. The Hall–Kier alpha value is -1.19. The molecule has 0 fully saturated rings. The first-order valence-electron chi connectivity index (χ1n) is 5.56. The van der Waals surface area contributed by atoms with Gasteiger partial charge in [0.2, 0.25) is 0 Å². The van der Waals surface area contributed by atoms with Crippen LogP contribution in [0.4, 0.5) is 4.39 Å². The fourth-order valence-electron chi connectivity index (χ4n) is 1.74. The van der Waals surface area contributed by atoms with Crippen LogP contribution in [0.25, 0.3) is 0 Å². The summed E-state index contributed by atoms with van der Waals surface area (Å²) in [6.45, 7) is 4.05. The number of halogens is 1. The van der Waals surface area contributed by atoms with Crippen LogP contribution in [-0.4, -0.2) is 5.11 Å². The largest absolute Gasteiger partial charge is 0.387 e. The molecule has 2 rings (SSSR count). The molecule has 0 aliphatic rings. The van der Waals surface area contributed by atoms with E-state index in [1.807, 2.05) is 19.9 Å². The lowest BCUT2D eigenvalue weighted by molar-refractivity contribution is 0.181. The average Bonchev–Trinajstić information content (AvgIpc) is 2.63. The van der Waals surface area contributed by atoms with Gasteiger partial charge in [-0.2, -0.15) is 0 Å². The Morgan fingerprint density at radius 3 is 2.59 bits per heavy atom. The minimum absolute atomic E-state index is 0.253. The van der Waals surface area contributed by atoms with Crippen LogP contribution in [0.15, 0.2) is 30.3 Å². The molecular formula is C14H15FOS. The van der Waals surface area contributed by atoms with E-state index in [4.69, 9.17) is 0 Å². The fourth-order valence-corrected chi connectivity index (χ4v) is 2.77. The first kappa shape index (κ1) is 12.3. The van der Waals surface area contributed by atoms with Gasteiger partial charge in [0.15, 0.2) is 0 Å². The van der Waals surface area contributed by atoms with Gasteiger partial charge in [0.1, 0.15) is 5.82 Å². The summed E-state index contributed by atoms with van der Waals surface area (Å²) in [5, 5.41) is 10.1. The molecule has 0 bridgehead atoms. The summed E-state index contributed by atoms with van der Waals surface area (Å²) in [6.07, 6.45) is -0.296. The van der Waals surface area contributed by atoms with Gasteiger partial charge in [0, 0.05) is 16.2 Å². The first-order chi connectivity index (χ1) is 8.08. The maximum atomic E-state index is 13.4. The molecule has 1 aromatic carbocycles. The Labute approximate surface area is 105 Å². The predicted molar refractivity (Wildman–Crippen MR) is 68.9 cm³/mol. The number of aliphatic hydroxyl groups is 1. The summed E-state index contributed by atoms with van der Waals surface area (Å²) >= 11 is 1.58. The van der Waals surface area contributed by atoms with Crippen molar-refractivity contribution in [3.05, 3.63) is 57.0 Å². The molecule has 0 spiro atoms. The molecular weight excluding hydrogens is 235 g/mol. The zero-order valence-electron chi connectivity index (χ0n) is 9.90. The van der Waals surface area contributed by atoms with Crippen molar-refractivity contribution in [3.63, 3.8) is 0 Å². The average molecular weight is 250 g/mol. The molecule has 1 nitrogen and oxygen atoms in total. The minimum atomic E-state index is -0.621. The van der Waals surface area contributed by atoms with E-state index >= 15 is 0 Å². The van der Waals surface area contributed by atoms with Crippen LogP contribution >= 0.6 is 11.3 Å². The minimum Gasteiger partial charge on any atom is -0.387 e. The van der Waals surface area contributed by atoms with Crippen molar-refractivity contribution < 1.29 is 9.50 Å². The second-order valence-electron chi connectivity index (χ2n) is 4.20. The molecule has 1 heterocycles. The summed E-state index contributed by atoms with van der Waals surface area (Å²) in [5.74, 6) is -0.253. The van der Waals surface area contributed by atoms with Gasteiger partial charge in [0.25, 0.3) is 0 Å². The summed E-state index contributed by atoms with van der Waals surface area (Å²) in [4.78, 5) is 2.11. The highest BCUT2D eigenvalue weighted by Gasteiger charge is 2.14. The molecule has 17 heavy (non-hydrogen) atoms. The Morgan fingerprint density at radius 1 is 1.29 bits per heavy atom. The standard InChI is InChI=1S/C14H15FOS/c1-9-7-14(17-10(9)2)13(16)8-11-5-3-4-6-12(11)15/h3-7,13,16H,8H2,1-2H3. The van der Waals surface area contributed by atoms with Crippen LogP contribution in [0.1, 0.15) is 27.0 Å². The van der Waals surface area contributed by atoms with Gasteiger partial charge in [-0.25, -0.2) is 4.39 Å². The lowest BCUT2D eigenvalue weighted by Crippen LogP contribution is -2.01. The second kappa shape index (κ2) is 4.98. The molecule has 1 N–H and O–H groups in total. The summed E-state index contributed by atoms with van der Waals surface area (Å²) in [5.41, 5.74) is 1.74. The maximum Gasteiger partial charge on any atom is 0.126 e. The third-order valence-electron chi connectivity index (χ3n) is 2.88.